The lowest BCUT2D eigenvalue weighted by Gasteiger charge is -2.20. The molecule has 0 aromatic carbocycles. The van der Waals surface area contributed by atoms with Crippen LogP contribution in [0.1, 0.15) is 55.4 Å². The Bertz CT molecular complexity index is 258. The largest absolute Gasteiger partial charge is 0.365 e. The van der Waals surface area contributed by atoms with Gasteiger partial charge in [-0.1, -0.05) is 0 Å². The van der Waals surface area contributed by atoms with Crippen LogP contribution < -0.4 is 10.6 Å². The Morgan fingerprint density at radius 2 is 0.889 bits per heavy atom. The number of aliphatic imine (C=N–C) groups is 2. The fraction of sp³-hybridized carbons (Fsp3) is 0.857. The Morgan fingerprint density at radius 3 is 1.06 bits per heavy atom. The van der Waals surface area contributed by atoms with E-state index < -0.39 is 0 Å². The maximum Gasteiger partial charge on any atom is 0.164 e. The second-order valence-corrected chi connectivity index (χ2v) is 5.74. The molecule has 0 atom stereocenters. The zero-order chi connectivity index (χ0) is 14.3. The van der Waals surface area contributed by atoms with Crippen LogP contribution >= 0.6 is 0 Å². The number of amidine groups is 2. The van der Waals surface area contributed by atoms with E-state index in [2.05, 4.69) is 76.0 Å². The van der Waals surface area contributed by atoms with Crippen LogP contribution in [0.4, 0.5) is 0 Å². The summed E-state index contributed by atoms with van der Waals surface area (Å²) < 4.78 is 0. The normalized spacial score (nSPS) is 14.0. The third kappa shape index (κ3) is 8.09. The molecule has 2 N–H and O–H groups in total. The van der Waals surface area contributed by atoms with Gasteiger partial charge in [0.2, 0.25) is 0 Å². The lowest BCUT2D eigenvalue weighted by Crippen LogP contribution is -2.46. The minimum atomic E-state index is 0.248. The van der Waals surface area contributed by atoms with Crippen LogP contribution in [0, 0.1) is 0 Å². The summed E-state index contributed by atoms with van der Waals surface area (Å²) >= 11 is 0. The van der Waals surface area contributed by atoms with Crippen LogP contribution in [-0.4, -0.2) is 35.8 Å². The van der Waals surface area contributed by atoms with E-state index in [1.807, 2.05) is 0 Å². The van der Waals surface area contributed by atoms with Gasteiger partial charge in [-0.3, -0.25) is 9.98 Å². The summed E-state index contributed by atoms with van der Waals surface area (Å²) in [7, 11) is 0. The summed E-state index contributed by atoms with van der Waals surface area (Å²) in [6.07, 6.45) is 0. The average molecular weight is 254 g/mol. The zero-order valence-corrected chi connectivity index (χ0v) is 13.2. The Balaban J connectivity index is 5.20. The van der Waals surface area contributed by atoms with Gasteiger partial charge in [0.05, 0.1) is 0 Å². The third-order valence-corrected chi connectivity index (χ3v) is 1.85. The van der Waals surface area contributed by atoms with Crippen molar-refractivity contribution >= 4 is 11.7 Å². The van der Waals surface area contributed by atoms with E-state index in [1.54, 1.807) is 0 Å². The third-order valence-electron chi connectivity index (χ3n) is 1.85. The minimum absolute atomic E-state index is 0.248. The van der Waals surface area contributed by atoms with Crippen LogP contribution in [0.2, 0.25) is 0 Å². The summed E-state index contributed by atoms with van der Waals surface area (Å²) in [5, 5.41) is 6.76. The first-order valence-electron chi connectivity index (χ1n) is 6.91. The second kappa shape index (κ2) is 8.11. The van der Waals surface area contributed by atoms with E-state index in [0.717, 1.165) is 11.7 Å². The number of hydrogen-bond donors (Lipinski definition) is 2. The number of rotatable bonds is 4. The van der Waals surface area contributed by atoms with Crippen LogP contribution in [0.15, 0.2) is 9.98 Å². The van der Waals surface area contributed by atoms with E-state index in [4.69, 9.17) is 0 Å². The molecule has 0 heterocycles. The van der Waals surface area contributed by atoms with E-state index >= 15 is 0 Å². The summed E-state index contributed by atoms with van der Waals surface area (Å²) in [5.41, 5.74) is 0. The van der Waals surface area contributed by atoms with E-state index in [-0.39, 0.29) is 12.1 Å². The predicted molar refractivity (Wildman–Crippen MR) is 81.7 cm³/mol. The highest BCUT2D eigenvalue weighted by Gasteiger charge is 2.12. The fourth-order valence-corrected chi connectivity index (χ4v) is 1.40. The SMILES string of the molecule is CC(C)N=C(NC(C)C)C(=NC(C)C)NC(C)C. The van der Waals surface area contributed by atoms with Gasteiger partial charge in [-0.25, -0.2) is 0 Å². The topological polar surface area (TPSA) is 48.8 Å². The highest BCUT2D eigenvalue weighted by Crippen LogP contribution is 1.96. The maximum absolute atomic E-state index is 4.64. The van der Waals surface area contributed by atoms with Gasteiger partial charge < -0.3 is 10.6 Å². The van der Waals surface area contributed by atoms with Gasteiger partial charge in [0, 0.05) is 24.2 Å². The standard InChI is InChI=1S/C14H30N4/c1-9(2)15-13(16-10(3)4)14(17-11(5)6)18-12(7)8/h9-12H,1-8H3,(H,15,16)(H,17,18). The van der Waals surface area contributed by atoms with Gasteiger partial charge >= 0.3 is 0 Å². The van der Waals surface area contributed by atoms with Gasteiger partial charge in [-0.15, -0.1) is 0 Å². The molecule has 0 rings (SSSR count). The van der Waals surface area contributed by atoms with Gasteiger partial charge in [-0.05, 0) is 55.4 Å². The lowest BCUT2D eigenvalue weighted by molar-refractivity contribution is 0.699. The van der Waals surface area contributed by atoms with Crippen molar-refractivity contribution in [3.05, 3.63) is 0 Å². The zero-order valence-electron chi connectivity index (χ0n) is 13.2. The minimum Gasteiger partial charge on any atom is -0.365 e. The number of nitrogens with one attached hydrogen (secondary N) is 2. The van der Waals surface area contributed by atoms with Crippen molar-refractivity contribution in [2.45, 2.75) is 79.6 Å². The van der Waals surface area contributed by atoms with Crippen molar-refractivity contribution in [1.82, 2.24) is 10.6 Å². The van der Waals surface area contributed by atoms with E-state index in [1.165, 1.54) is 0 Å². The van der Waals surface area contributed by atoms with Crippen LogP contribution in [0.25, 0.3) is 0 Å². The van der Waals surface area contributed by atoms with Gasteiger partial charge in [0.15, 0.2) is 11.7 Å². The summed E-state index contributed by atoms with van der Waals surface area (Å²) in [6.45, 7) is 16.7. The Kier molecular flexibility index (Phi) is 7.64. The Hall–Kier alpha value is -1.06. The van der Waals surface area contributed by atoms with E-state index in [9.17, 15) is 0 Å². The van der Waals surface area contributed by atoms with Gasteiger partial charge in [0.1, 0.15) is 0 Å². The van der Waals surface area contributed by atoms with Crippen molar-refractivity contribution < 1.29 is 0 Å². The highest BCUT2D eigenvalue weighted by molar-refractivity contribution is 6.40. The van der Waals surface area contributed by atoms with Crippen LogP contribution in [0.5, 0.6) is 0 Å². The molecule has 0 unspecified atom stereocenters. The Labute approximate surface area is 112 Å². The average Bonchev–Trinajstić information content (AvgIpc) is 2.12. The first-order chi connectivity index (χ1) is 8.22. The molecule has 18 heavy (non-hydrogen) atoms. The van der Waals surface area contributed by atoms with Gasteiger partial charge in [0.25, 0.3) is 0 Å². The molecule has 0 saturated heterocycles. The fourth-order valence-electron chi connectivity index (χ4n) is 1.40. The van der Waals surface area contributed by atoms with Crippen molar-refractivity contribution in [2.24, 2.45) is 9.98 Å². The monoisotopic (exact) mass is 254 g/mol. The molecule has 0 saturated carbocycles. The van der Waals surface area contributed by atoms with Gasteiger partial charge in [-0.2, -0.15) is 0 Å². The van der Waals surface area contributed by atoms with Crippen LogP contribution in [0.3, 0.4) is 0 Å². The Morgan fingerprint density at radius 1 is 0.611 bits per heavy atom. The first-order valence-corrected chi connectivity index (χ1v) is 6.91. The lowest BCUT2D eigenvalue weighted by atomic mass is 10.3. The maximum atomic E-state index is 4.64. The molecule has 0 bridgehead atoms. The second-order valence-electron chi connectivity index (χ2n) is 5.74. The molecule has 0 spiro atoms. The smallest absolute Gasteiger partial charge is 0.164 e. The summed E-state index contributed by atoms with van der Waals surface area (Å²) in [4.78, 5) is 9.27. The predicted octanol–water partition coefficient (Wildman–Crippen LogP) is 2.60. The van der Waals surface area contributed by atoms with E-state index in [0.29, 0.717) is 12.1 Å². The van der Waals surface area contributed by atoms with Crippen molar-refractivity contribution in [1.29, 1.82) is 0 Å². The molecule has 106 valence electrons. The summed E-state index contributed by atoms with van der Waals surface area (Å²) in [5.74, 6) is 1.73. The number of nitrogens with zero attached hydrogens (tertiary/aromatic N) is 2. The quantitative estimate of drug-likeness (QED) is 0.598. The number of hydrogen-bond acceptors (Lipinski definition) is 2. The molecular weight excluding hydrogens is 224 g/mol. The molecule has 0 amide bonds. The molecule has 0 aromatic rings. The van der Waals surface area contributed by atoms with Crippen LogP contribution in [-0.2, 0) is 0 Å². The first kappa shape index (κ1) is 16.9. The molecule has 4 nitrogen and oxygen atoms in total. The summed E-state index contributed by atoms with van der Waals surface area (Å²) in [6, 6.07) is 1.18. The molecule has 0 radical (unpaired) electrons. The molecule has 0 fully saturated rings. The molecule has 0 aliphatic rings. The molecular formula is C14H30N4. The molecule has 0 aliphatic heterocycles. The van der Waals surface area contributed by atoms with Crippen molar-refractivity contribution in [3.8, 4) is 0 Å². The highest BCUT2D eigenvalue weighted by atomic mass is 15.1. The molecule has 4 heteroatoms. The molecule has 0 aromatic heterocycles. The van der Waals surface area contributed by atoms with Crippen molar-refractivity contribution in [3.63, 3.8) is 0 Å². The van der Waals surface area contributed by atoms with Crippen molar-refractivity contribution in [2.75, 3.05) is 0 Å². The molecule has 0 aliphatic carbocycles.